The number of nitrogens with one attached hydrogen (secondary N) is 2. The zero-order valence-corrected chi connectivity index (χ0v) is 10.7. The predicted octanol–water partition coefficient (Wildman–Crippen LogP) is 0.338. The molecule has 2 heterocycles. The van der Waals surface area contributed by atoms with Crippen molar-refractivity contribution in [1.29, 1.82) is 0 Å². The predicted molar refractivity (Wildman–Crippen MR) is 70.5 cm³/mol. The minimum Gasteiger partial charge on any atom is -0.336 e. The summed E-state index contributed by atoms with van der Waals surface area (Å²) in [7, 11) is 0. The van der Waals surface area contributed by atoms with Crippen LogP contribution < -0.4 is 10.6 Å². The molecule has 0 unspecified atom stereocenters. The number of hydrogen-bond acceptors (Lipinski definition) is 3. The molecular formula is C14H17N3O2. The van der Waals surface area contributed by atoms with Gasteiger partial charge in [-0.2, -0.15) is 0 Å². The maximum Gasteiger partial charge on any atom is 0.256 e. The topological polar surface area (TPSA) is 61.4 Å². The highest BCUT2D eigenvalue weighted by Gasteiger charge is 2.51. The van der Waals surface area contributed by atoms with Crippen molar-refractivity contribution in [3.8, 4) is 0 Å². The fourth-order valence-corrected chi connectivity index (χ4v) is 2.93. The van der Waals surface area contributed by atoms with Crippen molar-refractivity contribution in [3.63, 3.8) is 0 Å². The van der Waals surface area contributed by atoms with Crippen molar-refractivity contribution in [3.05, 3.63) is 35.9 Å². The minimum absolute atomic E-state index is 0.0155. The van der Waals surface area contributed by atoms with Crippen LogP contribution in [-0.2, 0) is 4.79 Å². The van der Waals surface area contributed by atoms with Crippen molar-refractivity contribution in [1.82, 2.24) is 15.5 Å². The molecule has 0 saturated carbocycles. The first kappa shape index (κ1) is 12.2. The molecule has 0 atom stereocenters. The molecule has 0 bridgehead atoms. The van der Waals surface area contributed by atoms with Gasteiger partial charge in [-0.25, -0.2) is 0 Å². The number of piperidine rings is 1. The van der Waals surface area contributed by atoms with E-state index in [1.807, 2.05) is 18.2 Å². The third-order valence-electron chi connectivity index (χ3n) is 4.03. The Morgan fingerprint density at radius 2 is 1.84 bits per heavy atom. The summed E-state index contributed by atoms with van der Waals surface area (Å²) in [6.07, 6.45) is 1.36. The molecule has 1 aromatic rings. The fourth-order valence-electron chi connectivity index (χ4n) is 2.93. The van der Waals surface area contributed by atoms with Crippen LogP contribution >= 0.6 is 0 Å². The number of carbonyl (C=O) groups excluding carboxylic acids is 2. The molecule has 5 nitrogen and oxygen atoms in total. The number of nitrogens with zero attached hydrogens (tertiary/aromatic N) is 1. The summed E-state index contributed by atoms with van der Waals surface area (Å²) in [4.78, 5) is 26.4. The summed E-state index contributed by atoms with van der Waals surface area (Å²) in [6, 6.07) is 9.14. The zero-order chi connectivity index (χ0) is 13.3. The van der Waals surface area contributed by atoms with Crippen molar-refractivity contribution in [2.75, 3.05) is 19.8 Å². The molecule has 2 fully saturated rings. The molecule has 2 N–H and O–H groups in total. The van der Waals surface area contributed by atoms with E-state index in [1.54, 1.807) is 17.0 Å². The van der Waals surface area contributed by atoms with Gasteiger partial charge in [-0.3, -0.25) is 9.59 Å². The van der Waals surface area contributed by atoms with Gasteiger partial charge in [0.15, 0.2) is 0 Å². The van der Waals surface area contributed by atoms with Crippen LogP contribution in [0, 0.1) is 0 Å². The Kier molecular flexibility index (Phi) is 2.98. The first-order chi connectivity index (χ1) is 9.24. The van der Waals surface area contributed by atoms with Crippen molar-refractivity contribution in [2.24, 2.45) is 0 Å². The average molecular weight is 259 g/mol. The molecule has 2 amide bonds. The lowest BCUT2D eigenvalue weighted by atomic mass is 9.86. The van der Waals surface area contributed by atoms with Gasteiger partial charge >= 0.3 is 0 Å². The first-order valence-electron chi connectivity index (χ1n) is 6.60. The SMILES string of the molecule is O=C(c1ccccc1)N1CNC(=O)C12CCNCC2. The third-order valence-corrected chi connectivity index (χ3v) is 4.03. The Balaban J connectivity index is 1.91. The Morgan fingerprint density at radius 3 is 2.53 bits per heavy atom. The average Bonchev–Trinajstić information content (AvgIpc) is 2.77. The van der Waals surface area contributed by atoms with Crippen LogP contribution in [-0.4, -0.2) is 42.0 Å². The molecule has 100 valence electrons. The van der Waals surface area contributed by atoms with E-state index in [2.05, 4.69) is 10.6 Å². The number of hydrogen-bond donors (Lipinski definition) is 2. The van der Waals surface area contributed by atoms with Gasteiger partial charge in [0.25, 0.3) is 5.91 Å². The van der Waals surface area contributed by atoms with E-state index in [-0.39, 0.29) is 11.8 Å². The fraction of sp³-hybridized carbons (Fsp3) is 0.429. The van der Waals surface area contributed by atoms with E-state index in [1.165, 1.54) is 0 Å². The highest BCUT2D eigenvalue weighted by molar-refractivity contribution is 6.01. The highest BCUT2D eigenvalue weighted by Crippen LogP contribution is 2.31. The Labute approximate surface area is 112 Å². The van der Waals surface area contributed by atoms with Gasteiger partial charge in [0.1, 0.15) is 5.54 Å². The zero-order valence-electron chi connectivity index (χ0n) is 10.7. The van der Waals surface area contributed by atoms with Gasteiger partial charge in [0.2, 0.25) is 5.91 Å². The minimum atomic E-state index is -0.655. The van der Waals surface area contributed by atoms with Gasteiger partial charge in [-0.1, -0.05) is 18.2 Å². The second-order valence-electron chi connectivity index (χ2n) is 5.04. The molecule has 1 spiro atoms. The van der Waals surface area contributed by atoms with Gasteiger partial charge in [0.05, 0.1) is 6.67 Å². The number of amides is 2. The second kappa shape index (κ2) is 4.66. The normalized spacial score (nSPS) is 21.5. The summed E-state index contributed by atoms with van der Waals surface area (Å²) in [6.45, 7) is 1.85. The van der Waals surface area contributed by atoms with Gasteiger partial charge < -0.3 is 15.5 Å². The molecule has 3 rings (SSSR count). The molecule has 5 heteroatoms. The van der Waals surface area contributed by atoms with E-state index >= 15 is 0 Å². The maximum absolute atomic E-state index is 12.6. The number of rotatable bonds is 1. The molecular weight excluding hydrogens is 242 g/mol. The van der Waals surface area contributed by atoms with Crippen LogP contribution in [0.1, 0.15) is 23.2 Å². The lowest BCUT2D eigenvalue weighted by Crippen LogP contribution is -2.56. The summed E-state index contributed by atoms with van der Waals surface area (Å²) in [5, 5.41) is 6.06. The quantitative estimate of drug-likeness (QED) is 0.764. The van der Waals surface area contributed by atoms with Crippen molar-refractivity contribution >= 4 is 11.8 Å². The summed E-state index contributed by atoms with van der Waals surface area (Å²) >= 11 is 0. The molecule has 0 aliphatic carbocycles. The van der Waals surface area contributed by atoms with Gasteiger partial charge in [0, 0.05) is 5.56 Å². The largest absolute Gasteiger partial charge is 0.336 e. The summed E-state index contributed by atoms with van der Waals surface area (Å²) in [5.74, 6) is -0.0841. The van der Waals surface area contributed by atoms with Crippen LogP contribution in [0.4, 0.5) is 0 Å². The Morgan fingerprint density at radius 1 is 1.16 bits per heavy atom. The molecule has 2 aliphatic rings. The monoisotopic (exact) mass is 259 g/mol. The smallest absolute Gasteiger partial charge is 0.256 e. The van der Waals surface area contributed by atoms with E-state index in [0.717, 1.165) is 13.1 Å². The highest BCUT2D eigenvalue weighted by atomic mass is 16.2. The number of benzene rings is 1. The molecule has 1 aromatic carbocycles. The lowest BCUT2D eigenvalue weighted by molar-refractivity contribution is -0.127. The summed E-state index contributed by atoms with van der Waals surface area (Å²) < 4.78 is 0. The van der Waals surface area contributed by atoms with Crippen LogP contribution in [0.3, 0.4) is 0 Å². The van der Waals surface area contributed by atoms with Crippen LogP contribution in [0.5, 0.6) is 0 Å². The standard InChI is InChI=1S/C14H17N3O2/c18-12(11-4-2-1-3-5-11)17-10-16-13(19)14(17)6-8-15-9-7-14/h1-5,15H,6-10H2,(H,16,19). The van der Waals surface area contributed by atoms with Gasteiger partial charge in [-0.05, 0) is 38.1 Å². The summed E-state index contributed by atoms with van der Waals surface area (Å²) in [5.41, 5.74) is -0.0186. The van der Waals surface area contributed by atoms with E-state index < -0.39 is 5.54 Å². The van der Waals surface area contributed by atoms with E-state index in [4.69, 9.17) is 0 Å². The molecule has 19 heavy (non-hydrogen) atoms. The second-order valence-corrected chi connectivity index (χ2v) is 5.04. The first-order valence-corrected chi connectivity index (χ1v) is 6.60. The molecule has 0 aromatic heterocycles. The maximum atomic E-state index is 12.6. The van der Waals surface area contributed by atoms with Crippen LogP contribution in [0.25, 0.3) is 0 Å². The van der Waals surface area contributed by atoms with Gasteiger partial charge in [-0.15, -0.1) is 0 Å². The molecule has 2 saturated heterocycles. The van der Waals surface area contributed by atoms with E-state index in [0.29, 0.717) is 25.1 Å². The molecule has 2 aliphatic heterocycles. The van der Waals surface area contributed by atoms with Crippen molar-refractivity contribution in [2.45, 2.75) is 18.4 Å². The molecule has 0 radical (unpaired) electrons. The Hall–Kier alpha value is -1.88. The van der Waals surface area contributed by atoms with Crippen LogP contribution in [0.15, 0.2) is 30.3 Å². The lowest BCUT2D eigenvalue weighted by Gasteiger charge is -2.38. The van der Waals surface area contributed by atoms with Crippen LogP contribution in [0.2, 0.25) is 0 Å². The Bertz CT molecular complexity index is 495. The third kappa shape index (κ3) is 1.90. The van der Waals surface area contributed by atoms with E-state index in [9.17, 15) is 9.59 Å². The number of carbonyl (C=O) groups is 2. The van der Waals surface area contributed by atoms with Crippen molar-refractivity contribution < 1.29 is 9.59 Å².